The van der Waals surface area contributed by atoms with Crippen LogP contribution in [0.4, 0.5) is 5.69 Å². The van der Waals surface area contributed by atoms with Crippen molar-refractivity contribution in [2.24, 2.45) is 5.92 Å². The highest BCUT2D eigenvalue weighted by molar-refractivity contribution is 5.98. The number of ketones is 1. The van der Waals surface area contributed by atoms with Crippen LogP contribution in [0.25, 0.3) is 0 Å². The van der Waals surface area contributed by atoms with Crippen LogP contribution in [0.1, 0.15) is 61.4 Å². The van der Waals surface area contributed by atoms with Gasteiger partial charge in [-0.1, -0.05) is 26.0 Å². The molecular formula is C27H36N2O4. The maximum Gasteiger partial charge on any atom is 0.226 e. The number of ether oxygens (including phenoxy) is 2. The van der Waals surface area contributed by atoms with Crippen LogP contribution in [0, 0.1) is 5.92 Å². The summed E-state index contributed by atoms with van der Waals surface area (Å²) in [7, 11) is 3.17. The lowest BCUT2D eigenvalue weighted by Crippen LogP contribution is -2.33. The zero-order chi connectivity index (χ0) is 23.8. The van der Waals surface area contributed by atoms with Crippen molar-refractivity contribution in [2.75, 3.05) is 39.2 Å². The number of nitrogens with zero attached hydrogens (tertiary/aromatic N) is 1. The van der Waals surface area contributed by atoms with Crippen LogP contribution in [-0.2, 0) is 4.79 Å². The lowest BCUT2D eigenvalue weighted by molar-refractivity contribution is -0.118. The van der Waals surface area contributed by atoms with Crippen LogP contribution >= 0.6 is 0 Å². The van der Waals surface area contributed by atoms with Crippen LogP contribution < -0.4 is 14.8 Å². The van der Waals surface area contributed by atoms with Crippen LogP contribution in [0.5, 0.6) is 11.5 Å². The molecule has 0 spiro atoms. The first-order valence-corrected chi connectivity index (χ1v) is 11.8. The molecule has 0 saturated carbocycles. The van der Waals surface area contributed by atoms with E-state index in [0.29, 0.717) is 29.4 Å². The Morgan fingerprint density at radius 2 is 1.82 bits per heavy atom. The molecule has 1 amide bonds. The van der Waals surface area contributed by atoms with E-state index in [1.807, 2.05) is 26.0 Å². The smallest absolute Gasteiger partial charge is 0.226 e. The van der Waals surface area contributed by atoms with Gasteiger partial charge in [0.2, 0.25) is 5.91 Å². The molecule has 33 heavy (non-hydrogen) atoms. The van der Waals surface area contributed by atoms with Crippen molar-refractivity contribution in [3.63, 3.8) is 0 Å². The number of hydrogen-bond donors (Lipinski definition) is 1. The summed E-state index contributed by atoms with van der Waals surface area (Å²) in [4.78, 5) is 27.1. The second kappa shape index (κ2) is 11.8. The van der Waals surface area contributed by atoms with Gasteiger partial charge in [-0.3, -0.25) is 9.59 Å². The van der Waals surface area contributed by atoms with Crippen molar-refractivity contribution >= 4 is 17.4 Å². The van der Waals surface area contributed by atoms with Crippen molar-refractivity contribution < 1.29 is 19.1 Å². The van der Waals surface area contributed by atoms with E-state index in [4.69, 9.17) is 9.47 Å². The fourth-order valence-electron chi connectivity index (χ4n) is 4.27. The average Bonchev–Trinajstić information content (AvgIpc) is 2.84. The lowest BCUT2D eigenvalue weighted by Gasteiger charge is -2.32. The third kappa shape index (κ3) is 6.81. The van der Waals surface area contributed by atoms with Gasteiger partial charge in [0.05, 0.1) is 19.8 Å². The number of methoxy groups -OCH3 is 2. The molecule has 6 heteroatoms. The van der Waals surface area contributed by atoms with Crippen molar-refractivity contribution in [1.29, 1.82) is 0 Å². The standard InChI is InChI=1S/C27H36N2O4/c1-19(2)27(31)28-22-8-5-7-21(17-22)20-12-15-29(16-13-20)14-6-9-25(30)24-11-10-23(32-3)18-26(24)33-4/h5,7-8,10-11,17-20H,6,9,12-16H2,1-4H3,(H,28,31). The summed E-state index contributed by atoms with van der Waals surface area (Å²) in [5, 5.41) is 3.00. The number of carbonyl (C=O) groups is 2. The SMILES string of the molecule is COc1ccc(C(=O)CCCN2CCC(c3cccc(NC(=O)C(C)C)c3)CC2)c(OC)c1. The summed E-state index contributed by atoms with van der Waals surface area (Å²) in [6, 6.07) is 13.6. The van der Waals surface area contributed by atoms with E-state index in [1.54, 1.807) is 32.4 Å². The van der Waals surface area contributed by atoms with E-state index in [0.717, 1.165) is 44.6 Å². The number of nitrogens with one attached hydrogen (secondary N) is 1. The molecule has 1 saturated heterocycles. The fraction of sp³-hybridized carbons (Fsp3) is 0.481. The Kier molecular flexibility index (Phi) is 8.89. The van der Waals surface area contributed by atoms with Gasteiger partial charge in [-0.05, 0) is 74.6 Å². The molecule has 1 fully saturated rings. The number of anilines is 1. The summed E-state index contributed by atoms with van der Waals surface area (Å²) < 4.78 is 10.6. The minimum absolute atomic E-state index is 0.0328. The Morgan fingerprint density at radius 3 is 2.48 bits per heavy atom. The van der Waals surface area contributed by atoms with E-state index in [-0.39, 0.29) is 17.6 Å². The molecule has 1 N–H and O–H groups in total. The van der Waals surface area contributed by atoms with Crippen molar-refractivity contribution in [3.8, 4) is 11.5 Å². The highest BCUT2D eigenvalue weighted by Gasteiger charge is 2.21. The number of piperidine rings is 1. The van der Waals surface area contributed by atoms with Crippen molar-refractivity contribution in [2.45, 2.75) is 45.4 Å². The predicted octanol–water partition coefficient (Wildman–Crippen LogP) is 5.14. The van der Waals surface area contributed by atoms with Gasteiger partial charge in [0, 0.05) is 24.1 Å². The molecule has 0 aromatic heterocycles. The first-order valence-electron chi connectivity index (χ1n) is 11.8. The number of benzene rings is 2. The van der Waals surface area contributed by atoms with Gasteiger partial charge in [0.1, 0.15) is 11.5 Å². The number of amides is 1. The van der Waals surface area contributed by atoms with Gasteiger partial charge in [-0.2, -0.15) is 0 Å². The number of likely N-dealkylation sites (tertiary alicyclic amines) is 1. The van der Waals surface area contributed by atoms with E-state index in [2.05, 4.69) is 22.3 Å². The first kappa shape index (κ1) is 24.8. The van der Waals surface area contributed by atoms with Crippen molar-refractivity contribution in [3.05, 3.63) is 53.6 Å². The summed E-state index contributed by atoms with van der Waals surface area (Å²) in [5.41, 5.74) is 2.78. The number of Topliss-reactive ketones (excluding diaryl/α,β-unsaturated/α-hetero) is 1. The van der Waals surface area contributed by atoms with Gasteiger partial charge < -0.3 is 19.7 Å². The quantitative estimate of drug-likeness (QED) is 0.506. The summed E-state index contributed by atoms with van der Waals surface area (Å²) >= 11 is 0. The van der Waals surface area contributed by atoms with Gasteiger partial charge in [0.15, 0.2) is 5.78 Å². The Bertz CT molecular complexity index is 949. The summed E-state index contributed by atoms with van der Waals surface area (Å²) in [5.74, 6) is 1.86. The molecule has 1 heterocycles. The molecule has 1 aliphatic rings. The molecule has 0 unspecified atom stereocenters. The Balaban J connectivity index is 1.46. The van der Waals surface area contributed by atoms with Crippen LogP contribution in [0.3, 0.4) is 0 Å². The topological polar surface area (TPSA) is 67.9 Å². The van der Waals surface area contributed by atoms with Crippen LogP contribution in [0.2, 0.25) is 0 Å². The molecule has 0 bridgehead atoms. The maximum absolute atomic E-state index is 12.7. The molecule has 3 rings (SSSR count). The largest absolute Gasteiger partial charge is 0.497 e. The zero-order valence-corrected chi connectivity index (χ0v) is 20.2. The Hall–Kier alpha value is -2.86. The summed E-state index contributed by atoms with van der Waals surface area (Å²) in [6.07, 6.45) is 3.50. The molecule has 0 atom stereocenters. The van der Waals surface area contributed by atoms with Crippen LogP contribution in [-0.4, -0.2) is 50.4 Å². The highest BCUT2D eigenvalue weighted by Crippen LogP contribution is 2.30. The Morgan fingerprint density at radius 1 is 1.06 bits per heavy atom. The van der Waals surface area contributed by atoms with Crippen molar-refractivity contribution in [1.82, 2.24) is 4.90 Å². The maximum atomic E-state index is 12.7. The second-order valence-corrected chi connectivity index (χ2v) is 8.98. The third-order valence-corrected chi connectivity index (χ3v) is 6.32. The minimum atomic E-state index is -0.0328. The summed E-state index contributed by atoms with van der Waals surface area (Å²) in [6.45, 7) is 6.76. The van der Waals surface area contributed by atoms with E-state index >= 15 is 0 Å². The first-order chi connectivity index (χ1) is 15.9. The lowest BCUT2D eigenvalue weighted by atomic mass is 9.89. The number of hydrogen-bond acceptors (Lipinski definition) is 5. The third-order valence-electron chi connectivity index (χ3n) is 6.32. The molecule has 178 valence electrons. The van der Waals surface area contributed by atoms with E-state index in [9.17, 15) is 9.59 Å². The number of rotatable bonds is 10. The zero-order valence-electron chi connectivity index (χ0n) is 20.2. The van der Waals surface area contributed by atoms with Gasteiger partial charge in [-0.25, -0.2) is 0 Å². The normalized spacial score (nSPS) is 14.8. The molecule has 2 aromatic carbocycles. The van der Waals surface area contributed by atoms with Gasteiger partial charge in [-0.15, -0.1) is 0 Å². The monoisotopic (exact) mass is 452 g/mol. The number of carbonyl (C=O) groups excluding carboxylic acids is 2. The predicted molar refractivity (Wildman–Crippen MR) is 131 cm³/mol. The molecule has 2 aromatic rings. The van der Waals surface area contributed by atoms with E-state index in [1.165, 1.54) is 5.56 Å². The molecular weight excluding hydrogens is 416 g/mol. The minimum Gasteiger partial charge on any atom is -0.497 e. The van der Waals surface area contributed by atoms with E-state index < -0.39 is 0 Å². The van der Waals surface area contributed by atoms with Gasteiger partial charge >= 0.3 is 0 Å². The van der Waals surface area contributed by atoms with Crippen LogP contribution in [0.15, 0.2) is 42.5 Å². The second-order valence-electron chi connectivity index (χ2n) is 8.98. The molecule has 6 nitrogen and oxygen atoms in total. The van der Waals surface area contributed by atoms with Gasteiger partial charge in [0.25, 0.3) is 0 Å². The Labute approximate surface area is 197 Å². The fourth-order valence-corrected chi connectivity index (χ4v) is 4.27. The highest BCUT2D eigenvalue weighted by atomic mass is 16.5. The molecule has 1 aliphatic heterocycles. The molecule has 0 radical (unpaired) electrons. The molecule has 0 aliphatic carbocycles. The average molecular weight is 453 g/mol.